The fraction of sp³-hybridized carbons (Fsp3) is 0.125. The van der Waals surface area contributed by atoms with Crippen LogP contribution in [0.1, 0.15) is 17.0 Å². The summed E-state index contributed by atoms with van der Waals surface area (Å²) in [6, 6.07) is 17.4. The molecule has 2 aromatic carbocycles. The van der Waals surface area contributed by atoms with Crippen LogP contribution in [0.15, 0.2) is 68.7 Å². The van der Waals surface area contributed by atoms with Gasteiger partial charge in [-0.1, -0.05) is 24.3 Å². The zero-order chi connectivity index (χ0) is 23.7. The van der Waals surface area contributed by atoms with Crippen molar-refractivity contribution in [2.75, 3.05) is 12.5 Å². The lowest BCUT2D eigenvalue weighted by atomic mass is 9.83. The first kappa shape index (κ1) is 23.0. The summed E-state index contributed by atoms with van der Waals surface area (Å²) in [6.45, 7) is 0. The minimum Gasteiger partial charge on any atom is -0.384 e. The standard InChI is InChI=1S/C24H20N4O2S3/c1-31-15-7-3-13(4-8-15)11-18-23(30)28-21(26)17(12-25)19(20(22(27)29)24(28)33-18)14-5-9-16(32-2)10-6-14/h3-11,19H,26H2,1-2H3,(H2,27,29). The van der Waals surface area contributed by atoms with E-state index in [1.54, 1.807) is 29.6 Å². The first-order chi connectivity index (χ1) is 15.9. The molecule has 6 nitrogen and oxygen atoms in total. The van der Waals surface area contributed by atoms with Crippen molar-refractivity contribution in [2.45, 2.75) is 15.7 Å². The van der Waals surface area contributed by atoms with Crippen molar-refractivity contribution in [1.82, 2.24) is 4.57 Å². The van der Waals surface area contributed by atoms with Crippen LogP contribution in [-0.4, -0.2) is 23.0 Å². The molecule has 2 heterocycles. The molecule has 0 saturated heterocycles. The van der Waals surface area contributed by atoms with Crippen LogP contribution in [0.25, 0.3) is 17.5 Å². The normalized spacial score (nSPS) is 16.0. The highest BCUT2D eigenvalue weighted by Gasteiger charge is 2.34. The first-order valence-corrected chi connectivity index (χ1v) is 13.1. The molecule has 1 atom stereocenters. The monoisotopic (exact) mass is 492 g/mol. The van der Waals surface area contributed by atoms with Crippen molar-refractivity contribution < 1.29 is 4.79 Å². The molecule has 1 amide bonds. The third kappa shape index (κ3) is 4.13. The average Bonchev–Trinajstić information content (AvgIpc) is 3.15. The van der Waals surface area contributed by atoms with E-state index in [4.69, 9.17) is 11.5 Å². The summed E-state index contributed by atoms with van der Waals surface area (Å²) >= 11 is 4.37. The van der Waals surface area contributed by atoms with Gasteiger partial charge in [0.2, 0.25) is 5.91 Å². The molecule has 1 unspecified atom stereocenters. The van der Waals surface area contributed by atoms with Crippen LogP contribution < -0.4 is 26.2 Å². The number of nitrogens with two attached hydrogens (primary N) is 2. The van der Waals surface area contributed by atoms with Crippen LogP contribution in [0, 0.1) is 11.3 Å². The van der Waals surface area contributed by atoms with E-state index in [2.05, 4.69) is 6.07 Å². The van der Waals surface area contributed by atoms with E-state index in [1.807, 2.05) is 61.0 Å². The summed E-state index contributed by atoms with van der Waals surface area (Å²) < 4.78 is 1.99. The largest absolute Gasteiger partial charge is 0.384 e. The van der Waals surface area contributed by atoms with Crippen LogP contribution in [0.4, 0.5) is 0 Å². The van der Waals surface area contributed by atoms with Crippen LogP contribution in [-0.2, 0) is 4.79 Å². The number of allylic oxidation sites excluding steroid dienone is 1. The molecule has 0 spiro atoms. The van der Waals surface area contributed by atoms with E-state index in [0.717, 1.165) is 26.7 Å². The van der Waals surface area contributed by atoms with E-state index >= 15 is 0 Å². The Morgan fingerprint density at radius 2 is 1.67 bits per heavy atom. The molecule has 0 fully saturated rings. The number of primary amides is 1. The van der Waals surface area contributed by atoms with Gasteiger partial charge >= 0.3 is 0 Å². The van der Waals surface area contributed by atoms with E-state index in [1.165, 1.54) is 4.57 Å². The number of benzene rings is 2. The molecule has 4 N–H and O–H groups in total. The third-order valence-electron chi connectivity index (χ3n) is 5.40. The second-order valence-electron chi connectivity index (χ2n) is 7.22. The smallest absolute Gasteiger partial charge is 0.274 e. The summed E-state index contributed by atoms with van der Waals surface area (Å²) in [4.78, 5) is 28.0. The number of carbonyl (C=O) groups excluding carboxylic acids is 1. The van der Waals surface area contributed by atoms with Crippen molar-refractivity contribution >= 4 is 58.2 Å². The number of rotatable bonds is 5. The summed E-state index contributed by atoms with van der Waals surface area (Å²) in [5, 5.41) is 9.92. The molecule has 1 aliphatic rings. The van der Waals surface area contributed by atoms with Gasteiger partial charge in [-0.25, -0.2) is 0 Å². The Morgan fingerprint density at radius 1 is 1.09 bits per heavy atom. The lowest BCUT2D eigenvalue weighted by molar-refractivity contribution is -0.113. The lowest BCUT2D eigenvalue weighted by Gasteiger charge is -2.24. The van der Waals surface area contributed by atoms with Gasteiger partial charge in [-0.2, -0.15) is 5.26 Å². The Labute approximate surface area is 202 Å². The number of nitriles is 1. The molecule has 4 rings (SSSR count). The quantitative estimate of drug-likeness (QED) is 0.528. The number of hydrogen-bond acceptors (Lipinski definition) is 7. The number of fused-ring (bicyclic) bond motifs is 1. The van der Waals surface area contributed by atoms with Crippen molar-refractivity contribution in [3.05, 3.63) is 84.8 Å². The molecule has 0 radical (unpaired) electrons. The zero-order valence-corrected chi connectivity index (χ0v) is 20.3. The minimum absolute atomic E-state index is 0.0232. The number of thiazole rings is 1. The molecule has 1 aromatic heterocycles. The molecule has 0 aliphatic carbocycles. The molecule has 33 heavy (non-hydrogen) atoms. The van der Waals surface area contributed by atoms with Gasteiger partial charge in [-0.3, -0.25) is 14.2 Å². The Morgan fingerprint density at radius 3 is 2.18 bits per heavy atom. The Balaban J connectivity index is 2.01. The van der Waals surface area contributed by atoms with E-state index in [0.29, 0.717) is 14.8 Å². The number of aromatic nitrogens is 1. The maximum absolute atomic E-state index is 13.3. The molecule has 1 aliphatic heterocycles. The molecule has 0 bridgehead atoms. The van der Waals surface area contributed by atoms with Crippen LogP contribution in [0.2, 0.25) is 0 Å². The van der Waals surface area contributed by atoms with Crippen LogP contribution in [0.5, 0.6) is 0 Å². The van der Waals surface area contributed by atoms with Gasteiger partial charge in [0.25, 0.3) is 5.56 Å². The maximum Gasteiger partial charge on any atom is 0.274 e. The highest BCUT2D eigenvalue weighted by molar-refractivity contribution is 7.98. The number of thioether (sulfide) groups is 2. The zero-order valence-electron chi connectivity index (χ0n) is 17.9. The predicted molar refractivity (Wildman–Crippen MR) is 136 cm³/mol. The summed E-state index contributed by atoms with van der Waals surface area (Å²) in [7, 11) is 0. The summed E-state index contributed by atoms with van der Waals surface area (Å²) in [5.41, 5.74) is 13.6. The first-order valence-electron chi connectivity index (χ1n) is 9.85. The van der Waals surface area contributed by atoms with Gasteiger partial charge in [0.05, 0.1) is 27.7 Å². The van der Waals surface area contributed by atoms with Crippen molar-refractivity contribution in [1.29, 1.82) is 5.26 Å². The molecule has 0 saturated carbocycles. The lowest BCUT2D eigenvalue weighted by Crippen LogP contribution is -2.41. The van der Waals surface area contributed by atoms with Gasteiger partial charge in [-0.05, 0) is 54.0 Å². The average molecular weight is 493 g/mol. The third-order valence-corrected chi connectivity index (χ3v) is 7.99. The fourth-order valence-corrected chi connectivity index (χ4v) is 5.77. The number of hydrogen-bond donors (Lipinski definition) is 2. The van der Waals surface area contributed by atoms with Crippen LogP contribution >= 0.6 is 34.9 Å². The maximum atomic E-state index is 13.3. The van der Waals surface area contributed by atoms with Gasteiger partial charge in [0.1, 0.15) is 10.5 Å². The van der Waals surface area contributed by atoms with Gasteiger partial charge in [0, 0.05) is 9.79 Å². The molecular weight excluding hydrogens is 472 g/mol. The Kier molecular flexibility index (Phi) is 6.51. The van der Waals surface area contributed by atoms with Crippen molar-refractivity contribution in [3.8, 4) is 6.07 Å². The highest BCUT2D eigenvalue weighted by Crippen LogP contribution is 2.36. The van der Waals surface area contributed by atoms with E-state index in [9.17, 15) is 14.9 Å². The summed E-state index contributed by atoms with van der Waals surface area (Å²) in [6.07, 6.45) is 5.71. The van der Waals surface area contributed by atoms with Gasteiger partial charge in [-0.15, -0.1) is 34.9 Å². The second-order valence-corrected chi connectivity index (χ2v) is 10.0. The number of nitrogens with zero attached hydrogens (tertiary/aromatic N) is 2. The SMILES string of the molecule is CSc1ccc(C=c2sc3n(c2=O)C(N)=C(C#N)C(c2ccc(SC)cc2)C=3C(N)=O)cc1. The Bertz CT molecular complexity index is 1490. The minimum atomic E-state index is -0.741. The topological polar surface area (TPSA) is 115 Å². The second kappa shape index (κ2) is 9.35. The predicted octanol–water partition coefficient (Wildman–Crippen LogP) is 2.27. The molecule has 9 heteroatoms. The van der Waals surface area contributed by atoms with Gasteiger partial charge in [0.15, 0.2) is 0 Å². The number of carbonyl (C=O) groups is 1. The molecular formula is C24H20N4O2S3. The molecule has 166 valence electrons. The summed E-state index contributed by atoms with van der Waals surface area (Å²) in [5.74, 6) is -1.41. The van der Waals surface area contributed by atoms with Gasteiger partial charge < -0.3 is 11.5 Å². The van der Waals surface area contributed by atoms with E-state index < -0.39 is 11.8 Å². The highest BCUT2D eigenvalue weighted by atomic mass is 32.2. The number of amides is 1. The fourth-order valence-electron chi connectivity index (χ4n) is 3.77. The van der Waals surface area contributed by atoms with Crippen LogP contribution in [0.3, 0.4) is 0 Å². The van der Waals surface area contributed by atoms with E-state index in [-0.39, 0.29) is 22.5 Å². The Hall–Kier alpha value is -3.19. The van der Waals surface area contributed by atoms with Crippen molar-refractivity contribution in [2.24, 2.45) is 11.5 Å². The van der Waals surface area contributed by atoms with Crippen molar-refractivity contribution in [3.63, 3.8) is 0 Å². The molecule has 3 aromatic rings.